The van der Waals surface area contributed by atoms with E-state index in [2.05, 4.69) is 0 Å². The fraction of sp³-hybridized carbons (Fsp3) is 0.929. The Morgan fingerprint density at radius 2 is 1.19 bits per heavy atom. The van der Waals surface area contributed by atoms with Gasteiger partial charge in [-0.1, -0.05) is 51.4 Å². The maximum atomic E-state index is 11.5. The van der Waals surface area contributed by atoms with E-state index in [4.69, 9.17) is 0 Å². The van der Waals surface area contributed by atoms with E-state index >= 15 is 0 Å². The van der Waals surface area contributed by atoms with Crippen molar-refractivity contribution in [1.29, 1.82) is 0 Å². The number of rotatable bonds is 0. The molecule has 0 amide bonds. The highest BCUT2D eigenvalue weighted by molar-refractivity contribution is 7.99. The molecule has 1 fully saturated rings. The van der Waals surface area contributed by atoms with E-state index in [1.807, 2.05) is 11.8 Å². The molecule has 94 valence electrons. The van der Waals surface area contributed by atoms with E-state index in [1.165, 1.54) is 63.5 Å². The van der Waals surface area contributed by atoms with E-state index < -0.39 is 0 Å². The first-order chi connectivity index (χ1) is 7.89. The van der Waals surface area contributed by atoms with Crippen LogP contribution in [0, 0.1) is 0 Å². The normalized spacial score (nSPS) is 23.4. The molecule has 2 heteroatoms. The topological polar surface area (TPSA) is 17.1 Å². The molecular weight excluding hydrogens is 216 g/mol. The van der Waals surface area contributed by atoms with E-state index in [0.717, 1.165) is 18.6 Å². The van der Waals surface area contributed by atoms with Gasteiger partial charge in [-0.25, -0.2) is 0 Å². The average Bonchev–Trinajstić information content (AvgIpc) is 2.29. The lowest BCUT2D eigenvalue weighted by Gasteiger charge is -2.01. The van der Waals surface area contributed by atoms with Crippen molar-refractivity contribution in [3.8, 4) is 0 Å². The summed E-state index contributed by atoms with van der Waals surface area (Å²) in [6.07, 6.45) is 14.2. The molecule has 0 aromatic carbocycles. The Hall–Kier alpha value is 0.0200. The monoisotopic (exact) mass is 242 g/mol. The minimum Gasteiger partial charge on any atom is -0.299 e. The first-order valence-electron chi connectivity index (χ1n) is 6.99. The molecule has 0 aliphatic carbocycles. The van der Waals surface area contributed by atoms with Crippen molar-refractivity contribution in [2.75, 3.05) is 11.5 Å². The summed E-state index contributed by atoms with van der Waals surface area (Å²) in [5, 5.41) is 0. The highest BCUT2D eigenvalue weighted by atomic mass is 32.2. The van der Waals surface area contributed by atoms with Crippen molar-refractivity contribution >= 4 is 17.5 Å². The van der Waals surface area contributed by atoms with Crippen molar-refractivity contribution in [1.82, 2.24) is 0 Å². The molecule has 0 unspecified atom stereocenters. The van der Waals surface area contributed by atoms with Gasteiger partial charge in [0.1, 0.15) is 5.78 Å². The van der Waals surface area contributed by atoms with Crippen LogP contribution in [0.15, 0.2) is 0 Å². The molecule has 0 aromatic heterocycles. The van der Waals surface area contributed by atoms with E-state index in [-0.39, 0.29) is 0 Å². The maximum absolute atomic E-state index is 11.5. The van der Waals surface area contributed by atoms with Gasteiger partial charge in [-0.2, -0.15) is 11.8 Å². The van der Waals surface area contributed by atoms with Crippen LogP contribution in [0.4, 0.5) is 0 Å². The molecule has 1 rings (SSSR count). The van der Waals surface area contributed by atoms with Gasteiger partial charge >= 0.3 is 0 Å². The summed E-state index contributed by atoms with van der Waals surface area (Å²) in [5.74, 6) is 2.42. The lowest BCUT2D eigenvalue weighted by atomic mass is 10.1. The number of thioether (sulfide) groups is 1. The average molecular weight is 242 g/mol. The molecular formula is C14H26OS. The molecule has 1 saturated heterocycles. The molecule has 1 aliphatic rings. The second kappa shape index (κ2) is 10.2. The summed E-state index contributed by atoms with van der Waals surface area (Å²) in [6, 6.07) is 0. The van der Waals surface area contributed by atoms with Gasteiger partial charge in [0.25, 0.3) is 0 Å². The zero-order valence-corrected chi connectivity index (χ0v) is 11.3. The molecule has 16 heavy (non-hydrogen) atoms. The molecule has 1 heterocycles. The van der Waals surface area contributed by atoms with Gasteiger partial charge in [0.05, 0.1) is 5.75 Å². The van der Waals surface area contributed by atoms with Crippen molar-refractivity contribution in [3.63, 3.8) is 0 Å². The fourth-order valence-corrected chi connectivity index (χ4v) is 3.12. The molecule has 0 N–H and O–H groups in total. The molecule has 0 radical (unpaired) electrons. The van der Waals surface area contributed by atoms with E-state index in [0.29, 0.717) is 5.78 Å². The maximum Gasteiger partial charge on any atom is 0.142 e. The highest BCUT2D eigenvalue weighted by Gasteiger charge is 2.02. The Labute approximate surface area is 105 Å². The predicted octanol–water partition coefficient (Wildman–Crippen LogP) is 4.59. The molecule has 1 nitrogen and oxygen atoms in total. The molecule has 0 aromatic rings. The third-order valence-corrected chi connectivity index (χ3v) is 4.36. The summed E-state index contributed by atoms with van der Waals surface area (Å²) in [7, 11) is 0. The second-order valence-electron chi connectivity index (χ2n) is 4.88. The van der Waals surface area contributed by atoms with Gasteiger partial charge in [0.2, 0.25) is 0 Å². The Balaban J connectivity index is 2.13. The molecule has 0 saturated carbocycles. The third-order valence-electron chi connectivity index (χ3n) is 3.26. The number of Topliss-reactive ketones (excluding diaryl/α,β-unsaturated/α-hetero) is 1. The SMILES string of the molecule is O=C1CCCCCCCCCCCCSC1. The summed E-state index contributed by atoms with van der Waals surface area (Å²) >= 11 is 1.84. The zero-order valence-electron chi connectivity index (χ0n) is 10.5. The minimum atomic E-state index is 0.472. The third kappa shape index (κ3) is 8.20. The van der Waals surface area contributed by atoms with Crippen LogP contribution in [0.1, 0.15) is 70.6 Å². The van der Waals surface area contributed by atoms with Crippen LogP contribution in [-0.2, 0) is 4.79 Å². The van der Waals surface area contributed by atoms with Crippen molar-refractivity contribution < 1.29 is 4.79 Å². The van der Waals surface area contributed by atoms with Gasteiger partial charge in [-0.15, -0.1) is 0 Å². The number of carbonyl (C=O) groups is 1. The summed E-state index contributed by atoms with van der Waals surface area (Å²) in [4.78, 5) is 11.5. The van der Waals surface area contributed by atoms with Crippen molar-refractivity contribution in [2.45, 2.75) is 70.6 Å². The highest BCUT2D eigenvalue weighted by Crippen LogP contribution is 2.14. The predicted molar refractivity (Wildman–Crippen MR) is 73.1 cm³/mol. The van der Waals surface area contributed by atoms with Gasteiger partial charge < -0.3 is 0 Å². The standard InChI is InChI=1S/C14H26OS/c15-14-11-9-7-5-3-1-2-4-6-8-10-12-16-13-14/h1-13H2. The summed E-state index contributed by atoms with van der Waals surface area (Å²) < 4.78 is 0. The molecule has 0 bridgehead atoms. The second-order valence-corrected chi connectivity index (χ2v) is 5.98. The number of hydrogen-bond acceptors (Lipinski definition) is 2. The summed E-state index contributed by atoms with van der Waals surface area (Å²) in [6.45, 7) is 0. The number of hydrogen-bond donors (Lipinski definition) is 0. The smallest absolute Gasteiger partial charge is 0.142 e. The van der Waals surface area contributed by atoms with Crippen LogP contribution in [0.3, 0.4) is 0 Å². The van der Waals surface area contributed by atoms with Gasteiger partial charge in [-0.05, 0) is 18.6 Å². The summed E-state index contributed by atoms with van der Waals surface area (Å²) in [5.41, 5.74) is 0. The molecule has 1 aliphatic heterocycles. The minimum absolute atomic E-state index is 0.472. The van der Waals surface area contributed by atoms with E-state index in [1.54, 1.807) is 0 Å². The number of carbonyl (C=O) groups excluding carboxylic acids is 1. The Bertz CT molecular complexity index is 162. The van der Waals surface area contributed by atoms with Gasteiger partial charge in [-0.3, -0.25) is 4.79 Å². The van der Waals surface area contributed by atoms with Crippen LogP contribution in [0.5, 0.6) is 0 Å². The van der Waals surface area contributed by atoms with Gasteiger partial charge in [0, 0.05) is 6.42 Å². The van der Waals surface area contributed by atoms with Crippen LogP contribution in [0.25, 0.3) is 0 Å². The Kier molecular flexibility index (Phi) is 8.97. The van der Waals surface area contributed by atoms with E-state index in [9.17, 15) is 4.79 Å². The quantitative estimate of drug-likeness (QED) is 0.618. The molecule has 0 spiro atoms. The lowest BCUT2D eigenvalue weighted by Crippen LogP contribution is -2.01. The van der Waals surface area contributed by atoms with Crippen molar-refractivity contribution in [3.05, 3.63) is 0 Å². The van der Waals surface area contributed by atoms with Crippen LogP contribution in [0.2, 0.25) is 0 Å². The largest absolute Gasteiger partial charge is 0.299 e. The zero-order chi connectivity index (χ0) is 11.5. The fourth-order valence-electron chi connectivity index (χ4n) is 2.20. The van der Waals surface area contributed by atoms with Gasteiger partial charge in [0.15, 0.2) is 0 Å². The molecule has 0 atom stereocenters. The van der Waals surface area contributed by atoms with Crippen LogP contribution < -0.4 is 0 Å². The first kappa shape index (κ1) is 14.1. The Morgan fingerprint density at radius 3 is 1.81 bits per heavy atom. The first-order valence-corrected chi connectivity index (χ1v) is 8.14. The van der Waals surface area contributed by atoms with Crippen LogP contribution in [-0.4, -0.2) is 17.3 Å². The Morgan fingerprint density at radius 1 is 0.688 bits per heavy atom. The van der Waals surface area contributed by atoms with Crippen LogP contribution >= 0.6 is 11.8 Å². The number of ketones is 1. The lowest BCUT2D eigenvalue weighted by molar-refractivity contribution is -0.116. The van der Waals surface area contributed by atoms with Crippen molar-refractivity contribution in [2.24, 2.45) is 0 Å².